The van der Waals surface area contributed by atoms with Crippen LogP contribution in [0.2, 0.25) is 0 Å². The molecule has 1 unspecified atom stereocenters. The summed E-state index contributed by atoms with van der Waals surface area (Å²) in [5.41, 5.74) is 2.02. The van der Waals surface area contributed by atoms with Crippen molar-refractivity contribution in [3.63, 3.8) is 0 Å². The number of nitrogens with one attached hydrogen (secondary N) is 1. The number of carbonyl (C=O) groups excluding carboxylic acids is 2. The van der Waals surface area contributed by atoms with Gasteiger partial charge in [0.25, 0.3) is 0 Å². The molecule has 31 heavy (non-hydrogen) atoms. The van der Waals surface area contributed by atoms with Crippen molar-refractivity contribution in [3.8, 4) is 11.5 Å². The Bertz CT molecular complexity index is 1110. The zero-order valence-electron chi connectivity index (χ0n) is 16.9. The Morgan fingerprint density at radius 2 is 1.87 bits per heavy atom. The van der Waals surface area contributed by atoms with Crippen LogP contribution < -0.4 is 14.8 Å². The van der Waals surface area contributed by atoms with Crippen molar-refractivity contribution in [2.75, 3.05) is 12.1 Å². The van der Waals surface area contributed by atoms with Gasteiger partial charge in [-0.05, 0) is 29.7 Å². The Hall–Kier alpha value is -3.81. The second-order valence-electron chi connectivity index (χ2n) is 7.64. The van der Waals surface area contributed by atoms with Crippen LogP contribution in [-0.4, -0.2) is 39.3 Å². The highest BCUT2D eigenvalue weighted by Crippen LogP contribution is 2.33. The molecule has 0 spiro atoms. The van der Waals surface area contributed by atoms with Crippen molar-refractivity contribution in [1.82, 2.24) is 14.7 Å². The first-order chi connectivity index (χ1) is 15.2. The standard InChI is InChI=1S/C23H22N4O4/c28-22-9-7-18(27(22)14-17-6-8-19-20(12-17)31-15-30-19)23(29)24-21-10-11-26(25-21)13-16-4-2-1-3-5-16/h1-6,8,10-12,18H,7,9,13-15H2,(H,24,25,29). The average molecular weight is 418 g/mol. The molecule has 5 rings (SSSR count). The molecular formula is C23H22N4O4. The fraction of sp³-hybridized carbons (Fsp3) is 0.261. The molecule has 1 fully saturated rings. The monoisotopic (exact) mass is 418 g/mol. The van der Waals surface area contributed by atoms with Gasteiger partial charge in [0.1, 0.15) is 6.04 Å². The number of carbonyl (C=O) groups is 2. The molecular weight excluding hydrogens is 396 g/mol. The van der Waals surface area contributed by atoms with Crippen LogP contribution in [-0.2, 0) is 22.7 Å². The molecule has 1 saturated heterocycles. The second-order valence-corrected chi connectivity index (χ2v) is 7.64. The summed E-state index contributed by atoms with van der Waals surface area (Å²) in [6.07, 6.45) is 2.66. The molecule has 2 amide bonds. The molecule has 1 aromatic heterocycles. The minimum Gasteiger partial charge on any atom is -0.454 e. The quantitative estimate of drug-likeness (QED) is 0.665. The van der Waals surface area contributed by atoms with Crippen LogP contribution in [0.15, 0.2) is 60.8 Å². The average Bonchev–Trinajstić information content (AvgIpc) is 3.50. The molecule has 3 aromatic rings. The Morgan fingerprint density at radius 1 is 1.03 bits per heavy atom. The van der Waals surface area contributed by atoms with Gasteiger partial charge in [0.15, 0.2) is 17.3 Å². The summed E-state index contributed by atoms with van der Waals surface area (Å²) in [5.74, 6) is 1.57. The van der Waals surface area contributed by atoms with E-state index in [0.29, 0.717) is 43.2 Å². The molecule has 158 valence electrons. The summed E-state index contributed by atoms with van der Waals surface area (Å²) < 4.78 is 12.5. The molecule has 0 saturated carbocycles. The third kappa shape index (κ3) is 4.09. The van der Waals surface area contributed by atoms with Crippen molar-refractivity contribution < 1.29 is 19.1 Å². The number of hydrogen-bond donors (Lipinski definition) is 1. The van der Waals surface area contributed by atoms with Crippen LogP contribution in [0.5, 0.6) is 11.5 Å². The maximum atomic E-state index is 12.9. The molecule has 2 aliphatic heterocycles. The number of likely N-dealkylation sites (tertiary alicyclic amines) is 1. The van der Waals surface area contributed by atoms with E-state index in [2.05, 4.69) is 10.4 Å². The minimum atomic E-state index is -0.530. The lowest BCUT2D eigenvalue weighted by Gasteiger charge is -2.24. The van der Waals surface area contributed by atoms with Gasteiger partial charge < -0.3 is 19.7 Å². The van der Waals surface area contributed by atoms with Crippen LogP contribution in [0.3, 0.4) is 0 Å². The summed E-state index contributed by atoms with van der Waals surface area (Å²) in [7, 11) is 0. The van der Waals surface area contributed by atoms with Gasteiger partial charge >= 0.3 is 0 Å². The Kier molecular flexibility index (Phi) is 5.03. The fourth-order valence-electron chi connectivity index (χ4n) is 3.94. The van der Waals surface area contributed by atoms with Gasteiger partial charge in [0, 0.05) is 25.2 Å². The molecule has 1 N–H and O–H groups in total. The molecule has 0 radical (unpaired) electrons. The Labute approximate surface area is 179 Å². The number of rotatable bonds is 6. The number of nitrogens with zero attached hydrogens (tertiary/aromatic N) is 3. The summed E-state index contributed by atoms with van der Waals surface area (Å²) in [4.78, 5) is 27.0. The molecule has 2 aliphatic rings. The third-order valence-corrected chi connectivity index (χ3v) is 5.50. The molecule has 0 bridgehead atoms. The highest BCUT2D eigenvalue weighted by atomic mass is 16.7. The van der Waals surface area contributed by atoms with Crippen molar-refractivity contribution in [2.45, 2.75) is 32.0 Å². The predicted octanol–water partition coefficient (Wildman–Crippen LogP) is 2.79. The van der Waals surface area contributed by atoms with Crippen molar-refractivity contribution in [1.29, 1.82) is 0 Å². The first-order valence-electron chi connectivity index (χ1n) is 10.2. The van der Waals surface area contributed by atoms with Crippen LogP contribution in [0, 0.1) is 0 Å². The molecule has 0 aliphatic carbocycles. The number of aromatic nitrogens is 2. The predicted molar refractivity (Wildman–Crippen MR) is 113 cm³/mol. The Morgan fingerprint density at radius 3 is 2.74 bits per heavy atom. The number of fused-ring (bicyclic) bond motifs is 1. The zero-order valence-corrected chi connectivity index (χ0v) is 16.9. The van der Waals surface area contributed by atoms with Gasteiger partial charge in [0.2, 0.25) is 18.6 Å². The van der Waals surface area contributed by atoms with E-state index in [1.807, 2.05) is 54.7 Å². The molecule has 2 aromatic carbocycles. The fourth-order valence-corrected chi connectivity index (χ4v) is 3.94. The molecule has 1 atom stereocenters. The van der Waals surface area contributed by atoms with Gasteiger partial charge in [0.05, 0.1) is 6.54 Å². The lowest BCUT2D eigenvalue weighted by atomic mass is 10.1. The van der Waals surface area contributed by atoms with E-state index in [0.717, 1.165) is 11.1 Å². The lowest BCUT2D eigenvalue weighted by Crippen LogP contribution is -2.41. The summed E-state index contributed by atoms with van der Waals surface area (Å²) in [6.45, 7) is 1.16. The van der Waals surface area contributed by atoms with E-state index in [-0.39, 0.29) is 18.6 Å². The number of benzene rings is 2. The van der Waals surface area contributed by atoms with Gasteiger partial charge in [-0.15, -0.1) is 0 Å². The van der Waals surface area contributed by atoms with E-state index >= 15 is 0 Å². The van der Waals surface area contributed by atoms with Gasteiger partial charge in [-0.2, -0.15) is 5.10 Å². The molecule has 8 heteroatoms. The van der Waals surface area contributed by atoms with Gasteiger partial charge in [-0.1, -0.05) is 36.4 Å². The Balaban J connectivity index is 1.25. The van der Waals surface area contributed by atoms with E-state index in [1.54, 1.807) is 15.6 Å². The van der Waals surface area contributed by atoms with E-state index < -0.39 is 6.04 Å². The van der Waals surface area contributed by atoms with Crippen molar-refractivity contribution in [3.05, 3.63) is 71.9 Å². The van der Waals surface area contributed by atoms with Crippen LogP contribution in [0.1, 0.15) is 24.0 Å². The van der Waals surface area contributed by atoms with E-state index in [4.69, 9.17) is 9.47 Å². The molecule has 3 heterocycles. The number of anilines is 1. The van der Waals surface area contributed by atoms with Gasteiger partial charge in [-0.3, -0.25) is 14.3 Å². The summed E-state index contributed by atoms with van der Waals surface area (Å²) in [5, 5.41) is 7.29. The number of ether oxygens (including phenoxy) is 2. The van der Waals surface area contributed by atoms with Gasteiger partial charge in [-0.25, -0.2) is 0 Å². The topological polar surface area (TPSA) is 85.7 Å². The second kappa shape index (κ2) is 8.14. The lowest BCUT2D eigenvalue weighted by molar-refractivity contribution is -0.133. The molecule has 8 nitrogen and oxygen atoms in total. The van der Waals surface area contributed by atoms with Crippen molar-refractivity contribution >= 4 is 17.6 Å². The van der Waals surface area contributed by atoms with Crippen LogP contribution in [0.25, 0.3) is 0 Å². The highest BCUT2D eigenvalue weighted by molar-refractivity contribution is 5.98. The smallest absolute Gasteiger partial charge is 0.248 e. The number of hydrogen-bond acceptors (Lipinski definition) is 5. The summed E-state index contributed by atoms with van der Waals surface area (Å²) >= 11 is 0. The van der Waals surface area contributed by atoms with E-state index in [9.17, 15) is 9.59 Å². The first kappa shape index (κ1) is 19.2. The maximum Gasteiger partial charge on any atom is 0.248 e. The summed E-state index contributed by atoms with van der Waals surface area (Å²) in [6, 6.07) is 16.8. The normalized spacial score (nSPS) is 17.2. The largest absolute Gasteiger partial charge is 0.454 e. The highest BCUT2D eigenvalue weighted by Gasteiger charge is 2.36. The zero-order chi connectivity index (χ0) is 21.2. The van der Waals surface area contributed by atoms with E-state index in [1.165, 1.54) is 0 Å². The van der Waals surface area contributed by atoms with Crippen molar-refractivity contribution in [2.24, 2.45) is 0 Å². The minimum absolute atomic E-state index is 0.0348. The van der Waals surface area contributed by atoms with Crippen LogP contribution in [0.4, 0.5) is 5.82 Å². The third-order valence-electron chi connectivity index (χ3n) is 5.50. The number of amides is 2. The van der Waals surface area contributed by atoms with Crippen LogP contribution >= 0.6 is 0 Å². The SMILES string of the molecule is O=C(Nc1ccn(Cc2ccccc2)n1)C1CCC(=O)N1Cc1ccc2c(c1)OCO2. The maximum absolute atomic E-state index is 12.9. The first-order valence-corrected chi connectivity index (χ1v) is 10.2.